The van der Waals surface area contributed by atoms with E-state index in [9.17, 15) is 14.4 Å². The molecule has 3 aromatic carbocycles. The Labute approximate surface area is 183 Å². The molecule has 0 amide bonds. The van der Waals surface area contributed by atoms with Crippen LogP contribution in [0.2, 0.25) is 0 Å². The predicted octanol–water partition coefficient (Wildman–Crippen LogP) is 3.64. The molecule has 0 aliphatic heterocycles. The summed E-state index contributed by atoms with van der Waals surface area (Å²) in [7, 11) is 0. The number of aliphatic carboxylic acids is 2. The number of esters is 1. The fraction of sp³-hybridized carbons (Fsp3) is 0.125. The number of carbonyl (C=O) groups is 3. The van der Waals surface area contributed by atoms with Crippen molar-refractivity contribution in [2.75, 3.05) is 13.2 Å². The summed E-state index contributed by atoms with van der Waals surface area (Å²) >= 11 is 0. The van der Waals surface area contributed by atoms with Crippen molar-refractivity contribution >= 4 is 17.9 Å². The van der Waals surface area contributed by atoms with Gasteiger partial charge in [-0.1, -0.05) is 42.5 Å². The molecule has 0 aliphatic carbocycles. The van der Waals surface area contributed by atoms with E-state index in [2.05, 4.69) is 0 Å². The molecular formula is C24H20O8. The number of carboxylic acids is 2. The number of hydrogen-bond acceptors (Lipinski definition) is 6. The largest absolute Gasteiger partial charge is 0.482 e. The molecule has 0 unspecified atom stereocenters. The Kier molecular flexibility index (Phi) is 7.42. The normalized spacial score (nSPS) is 10.2. The molecule has 0 heterocycles. The van der Waals surface area contributed by atoms with Gasteiger partial charge in [-0.05, 0) is 47.0 Å². The van der Waals surface area contributed by atoms with Gasteiger partial charge in [0.2, 0.25) is 0 Å². The van der Waals surface area contributed by atoms with Crippen LogP contribution in [0.5, 0.6) is 11.5 Å². The maximum absolute atomic E-state index is 12.7. The molecule has 3 rings (SSSR count). The summed E-state index contributed by atoms with van der Waals surface area (Å²) in [4.78, 5) is 34.3. The molecule has 32 heavy (non-hydrogen) atoms. The van der Waals surface area contributed by atoms with Crippen molar-refractivity contribution in [1.29, 1.82) is 0 Å². The minimum Gasteiger partial charge on any atom is -0.482 e. The molecule has 0 atom stereocenters. The molecule has 0 radical (unpaired) electrons. The van der Waals surface area contributed by atoms with E-state index in [-0.39, 0.29) is 17.9 Å². The van der Waals surface area contributed by atoms with Gasteiger partial charge in [0, 0.05) is 0 Å². The lowest BCUT2D eigenvalue weighted by molar-refractivity contribution is -0.140. The molecule has 0 aliphatic rings. The molecule has 3 aromatic rings. The summed E-state index contributed by atoms with van der Waals surface area (Å²) in [6, 6.07) is 20.4. The zero-order chi connectivity index (χ0) is 22.9. The third-order valence-corrected chi connectivity index (χ3v) is 4.25. The first-order valence-corrected chi connectivity index (χ1v) is 9.56. The number of rotatable bonds is 10. The van der Waals surface area contributed by atoms with Crippen LogP contribution in [-0.2, 0) is 20.9 Å². The van der Waals surface area contributed by atoms with E-state index in [0.717, 1.165) is 5.56 Å². The summed E-state index contributed by atoms with van der Waals surface area (Å²) in [6.45, 7) is -1.00. The van der Waals surface area contributed by atoms with Gasteiger partial charge in [-0.25, -0.2) is 14.4 Å². The average Bonchev–Trinajstić information content (AvgIpc) is 2.80. The number of carboxylic acid groups (broad SMARTS) is 2. The molecule has 0 saturated heterocycles. The third kappa shape index (κ3) is 6.60. The fourth-order valence-electron chi connectivity index (χ4n) is 2.83. The Hall–Kier alpha value is -4.33. The lowest BCUT2D eigenvalue weighted by Gasteiger charge is -2.12. The second-order valence-corrected chi connectivity index (χ2v) is 6.70. The molecule has 2 N–H and O–H groups in total. The standard InChI is InChI=1S/C24H20O8/c25-22(26)14-30-20-8-4-7-17(10-20)18-9-19(12-21(11-18)31-15-23(27)28)24(29)32-13-16-5-2-1-3-6-16/h1-12H,13-15H2,(H,25,26)(H,27,28). The summed E-state index contributed by atoms with van der Waals surface area (Å²) in [6.07, 6.45) is 0. The SMILES string of the molecule is O=C(O)COc1cccc(-c2cc(OCC(=O)O)cc(C(=O)OCc3ccccc3)c2)c1. The van der Waals surface area contributed by atoms with E-state index in [1.165, 1.54) is 6.07 Å². The first-order chi connectivity index (χ1) is 15.4. The highest BCUT2D eigenvalue weighted by Gasteiger charge is 2.14. The third-order valence-electron chi connectivity index (χ3n) is 4.25. The van der Waals surface area contributed by atoms with Gasteiger partial charge in [0.15, 0.2) is 13.2 Å². The summed E-state index contributed by atoms with van der Waals surface area (Å²) in [5, 5.41) is 17.7. The highest BCUT2D eigenvalue weighted by Crippen LogP contribution is 2.29. The lowest BCUT2D eigenvalue weighted by atomic mass is 10.0. The van der Waals surface area contributed by atoms with Crippen LogP contribution in [0.1, 0.15) is 15.9 Å². The second-order valence-electron chi connectivity index (χ2n) is 6.70. The van der Waals surface area contributed by atoms with Crippen molar-refractivity contribution in [3.8, 4) is 22.6 Å². The highest BCUT2D eigenvalue weighted by atomic mass is 16.5. The van der Waals surface area contributed by atoms with E-state index in [4.69, 9.17) is 24.4 Å². The zero-order valence-electron chi connectivity index (χ0n) is 16.9. The van der Waals surface area contributed by atoms with Gasteiger partial charge in [0.25, 0.3) is 0 Å². The maximum atomic E-state index is 12.7. The Morgan fingerprint density at radius 2 is 1.34 bits per heavy atom. The van der Waals surface area contributed by atoms with Crippen LogP contribution in [0.25, 0.3) is 11.1 Å². The van der Waals surface area contributed by atoms with Crippen molar-refractivity contribution in [1.82, 2.24) is 0 Å². The molecular weight excluding hydrogens is 416 g/mol. The van der Waals surface area contributed by atoms with Gasteiger partial charge in [-0.15, -0.1) is 0 Å². The van der Waals surface area contributed by atoms with Crippen molar-refractivity contribution in [3.05, 3.63) is 83.9 Å². The molecule has 0 spiro atoms. The van der Waals surface area contributed by atoms with Crippen LogP contribution < -0.4 is 9.47 Å². The van der Waals surface area contributed by atoms with Crippen LogP contribution in [0.3, 0.4) is 0 Å². The number of carbonyl (C=O) groups excluding carboxylic acids is 1. The minimum atomic E-state index is -1.16. The van der Waals surface area contributed by atoms with Crippen molar-refractivity contribution < 1.29 is 38.8 Å². The zero-order valence-corrected chi connectivity index (χ0v) is 16.9. The van der Waals surface area contributed by atoms with Crippen molar-refractivity contribution in [2.45, 2.75) is 6.61 Å². The van der Waals surface area contributed by atoms with Crippen molar-refractivity contribution in [2.24, 2.45) is 0 Å². The number of benzene rings is 3. The highest BCUT2D eigenvalue weighted by molar-refractivity contribution is 5.92. The van der Waals surface area contributed by atoms with Crippen LogP contribution in [0.15, 0.2) is 72.8 Å². The van der Waals surface area contributed by atoms with Gasteiger partial charge in [-0.2, -0.15) is 0 Å². The number of ether oxygens (including phenoxy) is 3. The van der Waals surface area contributed by atoms with E-state index in [1.54, 1.807) is 36.4 Å². The van der Waals surface area contributed by atoms with Gasteiger partial charge in [-0.3, -0.25) is 0 Å². The van der Waals surface area contributed by atoms with Gasteiger partial charge in [0.05, 0.1) is 5.56 Å². The predicted molar refractivity (Wildman–Crippen MR) is 114 cm³/mol. The Bertz CT molecular complexity index is 1110. The Morgan fingerprint density at radius 3 is 2.03 bits per heavy atom. The van der Waals surface area contributed by atoms with E-state index in [1.807, 2.05) is 30.3 Å². The summed E-state index contributed by atoms with van der Waals surface area (Å²) in [5.74, 6) is -2.37. The van der Waals surface area contributed by atoms with Gasteiger partial charge in [0.1, 0.15) is 18.1 Å². The smallest absolute Gasteiger partial charge is 0.341 e. The first kappa shape index (κ1) is 22.4. The van der Waals surface area contributed by atoms with E-state index in [0.29, 0.717) is 16.9 Å². The first-order valence-electron chi connectivity index (χ1n) is 9.56. The van der Waals surface area contributed by atoms with E-state index >= 15 is 0 Å². The molecule has 0 bridgehead atoms. The van der Waals surface area contributed by atoms with Crippen LogP contribution in [0, 0.1) is 0 Å². The van der Waals surface area contributed by atoms with Crippen molar-refractivity contribution in [3.63, 3.8) is 0 Å². The quantitative estimate of drug-likeness (QED) is 0.463. The Balaban J connectivity index is 1.87. The average molecular weight is 436 g/mol. The van der Waals surface area contributed by atoms with Crippen LogP contribution >= 0.6 is 0 Å². The summed E-state index contributed by atoms with van der Waals surface area (Å²) < 4.78 is 15.9. The number of hydrogen-bond donors (Lipinski definition) is 2. The molecule has 0 fully saturated rings. The Morgan fingerprint density at radius 1 is 0.688 bits per heavy atom. The second kappa shape index (κ2) is 10.6. The molecule has 0 saturated carbocycles. The molecule has 8 nitrogen and oxygen atoms in total. The lowest BCUT2D eigenvalue weighted by Crippen LogP contribution is -2.11. The minimum absolute atomic E-state index is 0.0771. The monoisotopic (exact) mass is 436 g/mol. The van der Waals surface area contributed by atoms with Gasteiger partial charge >= 0.3 is 17.9 Å². The topological polar surface area (TPSA) is 119 Å². The molecule has 0 aromatic heterocycles. The van der Waals surface area contributed by atoms with E-state index < -0.39 is 31.1 Å². The molecule has 164 valence electrons. The maximum Gasteiger partial charge on any atom is 0.341 e. The summed E-state index contributed by atoms with van der Waals surface area (Å²) in [5.41, 5.74) is 2.16. The van der Waals surface area contributed by atoms with Gasteiger partial charge < -0.3 is 24.4 Å². The fourth-order valence-corrected chi connectivity index (χ4v) is 2.83. The van der Waals surface area contributed by atoms with Crippen LogP contribution in [-0.4, -0.2) is 41.3 Å². The molecule has 8 heteroatoms. The van der Waals surface area contributed by atoms with Crippen LogP contribution in [0.4, 0.5) is 0 Å².